The molecule has 108 valence electrons. The SMILES string of the molecule is CC(C)(C)c1csc(CC(NN)C2CCCCO2)n1. The van der Waals surface area contributed by atoms with Gasteiger partial charge in [0, 0.05) is 23.8 Å². The van der Waals surface area contributed by atoms with E-state index in [2.05, 4.69) is 31.6 Å². The summed E-state index contributed by atoms with van der Waals surface area (Å²) < 4.78 is 5.81. The third-order valence-electron chi connectivity index (χ3n) is 3.59. The second-order valence-corrected chi connectivity index (χ2v) is 7.20. The summed E-state index contributed by atoms with van der Waals surface area (Å²) >= 11 is 1.72. The van der Waals surface area contributed by atoms with Gasteiger partial charge in [0.05, 0.1) is 22.8 Å². The molecular weight excluding hydrogens is 258 g/mol. The Morgan fingerprint density at radius 1 is 1.53 bits per heavy atom. The molecule has 3 N–H and O–H groups in total. The van der Waals surface area contributed by atoms with Crippen molar-refractivity contribution in [1.82, 2.24) is 10.4 Å². The van der Waals surface area contributed by atoms with Gasteiger partial charge in [-0.05, 0) is 19.3 Å². The molecule has 0 aliphatic carbocycles. The van der Waals surface area contributed by atoms with Crippen LogP contribution in [0.5, 0.6) is 0 Å². The Morgan fingerprint density at radius 3 is 2.84 bits per heavy atom. The van der Waals surface area contributed by atoms with Crippen molar-refractivity contribution < 1.29 is 4.74 Å². The van der Waals surface area contributed by atoms with Crippen molar-refractivity contribution in [2.24, 2.45) is 5.84 Å². The molecule has 2 unspecified atom stereocenters. The molecule has 0 amide bonds. The minimum Gasteiger partial charge on any atom is -0.377 e. The van der Waals surface area contributed by atoms with Crippen LogP contribution in [0.15, 0.2) is 5.38 Å². The van der Waals surface area contributed by atoms with Gasteiger partial charge < -0.3 is 4.74 Å². The highest BCUT2D eigenvalue weighted by atomic mass is 32.1. The topological polar surface area (TPSA) is 60.2 Å². The Labute approximate surface area is 119 Å². The van der Waals surface area contributed by atoms with Crippen LogP contribution in [-0.2, 0) is 16.6 Å². The van der Waals surface area contributed by atoms with Gasteiger partial charge >= 0.3 is 0 Å². The maximum atomic E-state index is 5.81. The average Bonchev–Trinajstić information content (AvgIpc) is 2.85. The average molecular weight is 283 g/mol. The zero-order valence-corrected chi connectivity index (χ0v) is 12.9. The second-order valence-electron chi connectivity index (χ2n) is 6.26. The van der Waals surface area contributed by atoms with Crippen LogP contribution in [-0.4, -0.2) is 23.7 Å². The molecule has 0 aromatic carbocycles. The zero-order valence-electron chi connectivity index (χ0n) is 12.1. The lowest BCUT2D eigenvalue weighted by atomic mass is 9.93. The molecule has 1 aliphatic heterocycles. The molecule has 4 nitrogen and oxygen atoms in total. The van der Waals surface area contributed by atoms with Gasteiger partial charge in [0.2, 0.25) is 0 Å². The molecule has 0 bridgehead atoms. The Balaban J connectivity index is 1.99. The van der Waals surface area contributed by atoms with E-state index in [1.165, 1.54) is 12.8 Å². The van der Waals surface area contributed by atoms with Crippen LogP contribution in [0.2, 0.25) is 0 Å². The summed E-state index contributed by atoms with van der Waals surface area (Å²) in [5.41, 5.74) is 4.18. The predicted molar refractivity (Wildman–Crippen MR) is 79.2 cm³/mol. The van der Waals surface area contributed by atoms with E-state index < -0.39 is 0 Å². The largest absolute Gasteiger partial charge is 0.377 e. The number of hydrazine groups is 1. The van der Waals surface area contributed by atoms with Crippen LogP contribution in [0.25, 0.3) is 0 Å². The predicted octanol–water partition coefficient (Wildman–Crippen LogP) is 2.38. The molecule has 0 spiro atoms. The van der Waals surface area contributed by atoms with Crippen molar-refractivity contribution >= 4 is 11.3 Å². The first-order valence-corrected chi connectivity index (χ1v) is 7.91. The molecule has 1 fully saturated rings. The lowest BCUT2D eigenvalue weighted by Crippen LogP contribution is -2.47. The Kier molecular flexibility index (Phi) is 4.95. The summed E-state index contributed by atoms with van der Waals surface area (Å²) in [6.45, 7) is 7.42. The fraction of sp³-hybridized carbons (Fsp3) is 0.786. The van der Waals surface area contributed by atoms with Gasteiger partial charge in [-0.2, -0.15) is 0 Å². The van der Waals surface area contributed by atoms with E-state index in [0.717, 1.165) is 30.2 Å². The Bertz CT molecular complexity index is 394. The molecule has 2 rings (SSSR count). The number of rotatable bonds is 4. The third kappa shape index (κ3) is 3.99. The fourth-order valence-electron chi connectivity index (χ4n) is 2.32. The summed E-state index contributed by atoms with van der Waals surface area (Å²) in [7, 11) is 0. The molecule has 1 saturated heterocycles. The highest BCUT2D eigenvalue weighted by molar-refractivity contribution is 7.09. The van der Waals surface area contributed by atoms with Crippen LogP contribution in [0.1, 0.15) is 50.7 Å². The molecular formula is C14H25N3OS. The summed E-state index contributed by atoms with van der Waals surface area (Å²) in [5.74, 6) is 5.69. The monoisotopic (exact) mass is 283 g/mol. The van der Waals surface area contributed by atoms with Crippen LogP contribution in [0.3, 0.4) is 0 Å². The van der Waals surface area contributed by atoms with Gasteiger partial charge in [-0.25, -0.2) is 4.98 Å². The lowest BCUT2D eigenvalue weighted by Gasteiger charge is -2.29. The van der Waals surface area contributed by atoms with Gasteiger partial charge in [0.25, 0.3) is 0 Å². The number of thiazole rings is 1. The number of aromatic nitrogens is 1. The molecule has 2 atom stereocenters. The first-order chi connectivity index (χ1) is 9.00. The van der Waals surface area contributed by atoms with E-state index in [0.29, 0.717) is 0 Å². The lowest BCUT2D eigenvalue weighted by molar-refractivity contribution is -0.00745. The van der Waals surface area contributed by atoms with E-state index in [-0.39, 0.29) is 17.6 Å². The number of ether oxygens (including phenoxy) is 1. The normalized spacial score (nSPS) is 22.4. The minimum atomic E-state index is 0.113. The fourth-order valence-corrected chi connectivity index (χ4v) is 3.40. The van der Waals surface area contributed by atoms with Crippen LogP contribution in [0, 0.1) is 0 Å². The first-order valence-electron chi connectivity index (χ1n) is 7.03. The highest BCUT2D eigenvalue weighted by Crippen LogP contribution is 2.25. The summed E-state index contributed by atoms with van der Waals surface area (Å²) in [6, 6.07) is 0.166. The van der Waals surface area contributed by atoms with Crippen molar-refractivity contribution in [3.8, 4) is 0 Å². The van der Waals surface area contributed by atoms with Crippen molar-refractivity contribution in [2.75, 3.05) is 6.61 Å². The summed E-state index contributed by atoms with van der Waals surface area (Å²) in [6.07, 6.45) is 4.56. The number of hydrogen-bond donors (Lipinski definition) is 2. The molecule has 0 radical (unpaired) electrons. The van der Waals surface area contributed by atoms with Crippen LogP contribution >= 0.6 is 11.3 Å². The number of nitrogens with zero attached hydrogens (tertiary/aromatic N) is 1. The molecule has 2 heterocycles. The number of hydrogen-bond acceptors (Lipinski definition) is 5. The minimum absolute atomic E-state index is 0.113. The Hall–Kier alpha value is -0.490. The Morgan fingerprint density at radius 2 is 2.32 bits per heavy atom. The van der Waals surface area contributed by atoms with Crippen molar-refractivity contribution in [3.63, 3.8) is 0 Å². The van der Waals surface area contributed by atoms with Gasteiger partial charge in [0.1, 0.15) is 0 Å². The molecule has 19 heavy (non-hydrogen) atoms. The maximum Gasteiger partial charge on any atom is 0.0945 e. The number of nitrogens with two attached hydrogens (primary N) is 1. The van der Waals surface area contributed by atoms with Crippen molar-refractivity contribution in [2.45, 2.75) is 64.0 Å². The van der Waals surface area contributed by atoms with Crippen LogP contribution < -0.4 is 11.3 Å². The van der Waals surface area contributed by atoms with Crippen LogP contribution in [0.4, 0.5) is 0 Å². The van der Waals surface area contributed by atoms with Crippen molar-refractivity contribution in [1.29, 1.82) is 0 Å². The molecule has 1 aromatic heterocycles. The standard InChI is InChI=1S/C14H25N3OS/c1-14(2,3)12-9-19-13(16-12)8-10(17-15)11-6-4-5-7-18-11/h9-11,17H,4-8,15H2,1-3H3. The third-order valence-corrected chi connectivity index (χ3v) is 4.46. The van der Waals surface area contributed by atoms with E-state index >= 15 is 0 Å². The van der Waals surface area contributed by atoms with Gasteiger partial charge in [-0.3, -0.25) is 11.3 Å². The molecule has 5 heteroatoms. The highest BCUT2D eigenvalue weighted by Gasteiger charge is 2.25. The van der Waals surface area contributed by atoms with E-state index in [1.807, 2.05) is 0 Å². The zero-order chi connectivity index (χ0) is 13.9. The van der Waals surface area contributed by atoms with E-state index in [1.54, 1.807) is 11.3 Å². The molecule has 1 aromatic rings. The molecule has 1 aliphatic rings. The number of nitrogens with one attached hydrogen (secondary N) is 1. The second kappa shape index (κ2) is 6.31. The first kappa shape index (κ1) is 14.9. The maximum absolute atomic E-state index is 5.81. The smallest absolute Gasteiger partial charge is 0.0945 e. The summed E-state index contributed by atoms with van der Waals surface area (Å²) in [4.78, 5) is 4.73. The van der Waals surface area contributed by atoms with E-state index in [9.17, 15) is 0 Å². The van der Waals surface area contributed by atoms with Gasteiger partial charge in [-0.1, -0.05) is 20.8 Å². The van der Waals surface area contributed by atoms with Gasteiger partial charge in [-0.15, -0.1) is 11.3 Å². The summed E-state index contributed by atoms with van der Waals surface area (Å²) in [5, 5.41) is 3.30. The van der Waals surface area contributed by atoms with Gasteiger partial charge in [0.15, 0.2) is 0 Å². The van der Waals surface area contributed by atoms with E-state index in [4.69, 9.17) is 15.6 Å². The van der Waals surface area contributed by atoms with Crippen molar-refractivity contribution in [3.05, 3.63) is 16.1 Å². The quantitative estimate of drug-likeness (QED) is 0.658. The molecule has 0 saturated carbocycles.